The third-order valence-electron chi connectivity index (χ3n) is 2.28. The molecule has 0 spiro atoms. The van der Waals surface area contributed by atoms with Crippen molar-refractivity contribution in [3.8, 4) is 0 Å². The molecule has 1 fully saturated rings. The summed E-state index contributed by atoms with van der Waals surface area (Å²) in [5.74, 6) is -2.94. The van der Waals surface area contributed by atoms with E-state index in [1.54, 1.807) is 0 Å². The SMILES string of the molecule is CS(=O)(=O)OC1CC(C(=O)O)(C(=O)O)C1. The molecule has 86 valence electrons. The van der Waals surface area contributed by atoms with Crippen molar-refractivity contribution in [1.82, 2.24) is 0 Å². The molecule has 2 N–H and O–H groups in total. The second-order valence-electron chi connectivity index (χ2n) is 3.52. The Morgan fingerprint density at radius 3 is 1.93 bits per heavy atom. The van der Waals surface area contributed by atoms with Crippen LogP contribution < -0.4 is 0 Å². The number of rotatable bonds is 4. The molecule has 1 rings (SSSR count). The van der Waals surface area contributed by atoms with Gasteiger partial charge in [-0.1, -0.05) is 0 Å². The number of hydrogen-bond acceptors (Lipinski definition) is 5. The highest BCUT2D eigenvalue weighted by molar-refractivity contribution is 7.86. The monoisotopic (exact) mass is 238 g/mol. The summed E-state index contributed by atoms with van der Waals surface area (Å²) < 4.78 is 25.8. The quantitative estimate of drug-likeness (QED) is 0.490. The Labute approximate surface area is 85.8 Å². The van der Waals surface area contributed by atoms with Crippen LogP contribution in [0.5, 0.6) is 0 Å². The predicted molar refractivity (Wildman–Crippen MR) is 46.7 cm³/mol. The van der Waals surface area contributed by atoms with Crippen LogP contribution in [0.4, 0.5) is 0 Å². The van der Waals surface area contributed by atoms with Crippen molar-refractivity contribution >= 4 is 22.1 Å². The summed E-state index contributed by atoms with van der Waals surface area (Å²) in [5, 5.41) is 17.4. The van der Waals surface area contributed by atoms with Crippen LogP contribution in [0.15, 0.2) is 0 Å². The lowest BCUT2D eigenvalue weighted by molar-refractivity contribution is -0.178. The average molecular weight is 238 g/mol. The largest absolute Gasteiger partial charge is 0.480 e. The maximum Gasteiger partial charge on any atom is 0.321 e. The summed E-state index contributed by atoms with van der Waals surface area (Å²) in [4.78, 5) is 21.3. The minimum atomic E-state index is -3.67. The van der Waals surface area contributed by atoms with Crippen molar-refractivity contribution in [2.75, 3.05) is 6.26 Å². The minimum absolute atomic E-state index is 0.329. The molecule has 1 saturated carbocycles. The zero-order valence-electron chi connectivity index (χ0n) is 7.84. The molecule has 0 atom stereocenters. The third kappa shape index (κ3) is 2.26. The first-order valence-corrected chi connectivity index (χ1v) is 5.84. The second kappa shape index (κ2) is 3.46. The van der Waals surface area contributed by atoms with Gasteiger partial charge in [0.1, 0.15) is 0 Å². The fraction of sp³-hybridized carbons (Fsp3) is 0.714. The van der Waals surface area contributed by atoms with E-state index in [4.69, 9.17) is 10.2 Å². The number of carboxylic acids is 2. The minimum Gasteiger partial charge on any atom is -0.480 e. The molecular formula is C7H10O7S. The van der Waals surface area contributed by atoms with Crippen LogP contribution in [0.1, 0.15) is 12.8 Å². The molecule has 0 aliphatic heterocycles. The molecule has 7 nitrogen and oxygen atoms in total. The molecule has 0 aromatic rings. The highest BCUT2D eigenvalue weighted by atomic mass is 32.2. The van der Waals surface area contributed by atoms with Crippen molar-refractivity contribution in [2.45, 2.75) is 18.9 Å². The first kappa shape index (κ1) is 11.9. The molecule has 0 unspecified atom stereocenters. The maximum absolute atomic E-state index is 10.7. The lowest BCUT2D eigenvalue weighted by Crippen LogP contribution is -2.53. The van der Waals surface area contributed by atoms with Crippen LogP contribution in [0, 0.1) is 5.41 Å². The Hall–Kier alpha value is -1.15. The van der Waals surface area contributed by atoms with Crippen LogP contribution in [-0.4, -0.2) is 42.9 Å². The molecule has 8 heteroatoms. The molecule has 0 saturated heterocycles. The van der Waals surface area contributed by atoms with Gasteiger partial charge in [0.05, 0.1) is 12.4 Å². The Balaban J connectivity index is 2.68. The average Bonchev–Trinajstić information content (AvgIpc) is 1.91. The Kier molecular flexibility index (Phi) is 2.75. The molecule has 1 aliphatic rings. The summed E-state index contributed by atoms with van der Waals surface area (Å²) in [6.45, 7) is 0. The zero-order chi connectivity index (χ0) is 11.9. The second-order valence-corrected chi connectivity index (χ2v) is 5.12. The Morgan fingerprint density at radius 1 is 1.27 bits per heavy atom. The summed E-state index contributed by atoms with van der Waals surface area (Å²) in [7, 11) is -3.67. The summed E-state index contributed by atoms with van der Waals surface area (Å²) >= 11 is 0. The molecule has 15 heavy (non-hydrogen) atoms. The first-order valence-electron chi connectivity index (χ1n) is 4.02. The lowest BCUT2D eigenvalue weighted by Gasteiger charge is -2.39. The van der Waals surface area contributed by atoms with Gasteiger partial charge in [-0.3, -0.25) is 13.8 Å². The molecule has 0 bridgehead atoms. The van der Waals surface area contributed by atoms with E-state index in [9.17, 15) is 18.0 Å². The van der Waals surface area contributed by atoms with Crippen LogP contribution in [0.25, 0.3) is 0 Å². The maximum atomic E-state index is 10.7. The van der Waals surface area contributed by atoms with Crippen molar-refractivity contribution in [3.05, 3.63) is 0 Å². The van der Waals surface area contributed by atoms with E-state index in [0.29, 0.717) is 0 Å². The van der Waals surface area contributed by atoms with E-state index in [1.165, 1.54) is 0 Å². The van der Waals surface area contributed by atoms with Crippen molar-refractivity contribution in [3.63, 3.8) is 0 Å². The first-order chi connectivity index (χ1) is 6.67. The van der Waals surface area contributed by atoms with E-state index >= 15 is 0 Å². The van der Waals surface area contributed by atoms with Gasteiger partial charge in [-0.25, -0.2) is 0 Å². The van der Waals surface area contributed by atoms with E-state index in [0.717, 1.165) is 6.26 Å². The topological polar surface area (TPSA) is 118 Å². The van der Waals surface area contributed by atoms with E-state index < -0.39 is 33.6 Å². The van der Waals surface area contributed by atoms with Crippen LogP contribution in [0.3, 0.4) is 0 Å². The van der Waals surface area contributed by atoms with Gasteiger partial charge < -0.3 is 10.2 Å². The molecule has 0 radical (unpaired) electrons. The standard InChI is InChI=1S/C7H10O7S/c1-15(12,13)14-4-2-7(3-4,5(8)9)6(10)11/h4H,2-3H2,1H3,(H,8,9)(H,10,11). The Morgan fingerprint density at radius 2 is 1.67 bits per heavy atom. The summed E-state index contributed by atoms with van der Waals surface area (Å²) in [5.41, 5.74) is -1.89. The lowest BCUT2D eigenvalue weighted by atomic mass is 9.67. The zero-order valence-corrected chi connectivity index (χ0v) is 8.65. The predicted octanol–water partition coefficient (Wildman–Crippen LogP) is -0.719. The van der Waals surface area contributed by atoms with Gasteiger partial charge in [0.2, 0.25) is 0 Å². The molecule has 0 amide bonds. The number of aliphatic carboxylic acids is 2. The van der Waals surface area contributed by atoms with Gasteiger partial charge in [-0.2, -0.15) is 8.42 Å². The van der Waals surface area contributed by atoms with Gasteiger partial charge in [-0.15, -0.1) is 0 Å². The molecule has 0 aromatic carbocycles. The van der Waals surface area contributed by atoms with E-state index in [-0.39, 0.29) is 12.8 Å². The third-order valence-corrected chi connectivity index (χ3v) is 2.90. The van der Waals surface area contributed by atoms with Crippen molar-refractivity contribution in [1.29, 1.82) is 0 Å². The highest BCUT2D eigenvalue weighted by Crippen LogP contribution is 2.43. The number of hydrogen-bond donors (Lipinski definition) is 2. The van der Waals surface area contributed by atoms with Gasteiger partial charge in [0, 0.05) is 12.8 Å². The number of carboxylic acid groups (broad SMARTS) is 2. The molecular weight excluding hydrogens is 228 g/mol. The van der Waals surface area contributed by atoms with Gasteiger partial charge in [0.15, 0.2) is 5.41 Å². The van der Waals surface area contributed by atoms with E-state index in [1.807, 2.05) is 0 Å². The molecule has 1 aliphatic carbocycles. The summed E-state index contributed by atoms with van der Waals surface area (Å²) in [6.07, 6.45) is -0.684. The smallest absolute Gasteiger partial charge is 0.321 e. The molecule has 0 aromatic heterocycles. The van der Waals surface area contributed by atoms with Gasteiger partial charge in [0.25, 0.3) is 10.1 Å². The van der Waals surface area contributed by atoms with Gasteiger partial charge in [-0.05, 0) is 0 Å². The summed E-state index contributed by atoms with van der Waals surface area (Å²) in [6, 6.07) is 0. The van der Waals surface area contributed by atoms with Crippen molar-refractivity contribution in [2.24, 2.45) is 5.41 Å². The fourth-order valence-electron chi connectivity index (χ4n) is 1.47. The number of carbonyl (C=O) groups is 2. The van der Waals surface area contributed by atoms with Crippen LogP contribution >= 0.6 is 0 Å². The molecule has 0 heterocycles. The van der Waals surface area contributed by atoms with Gasteiger partial charge >= 0.3 is 11.9 Å². The highest BCUT2D eigenvalue weighted by Gasteiger charge is 2.58. The van der Waals surface area contributed by atoms with Crippen molar-refractivity contribution < 1.29 is 32.4 Å². The normalized spacial score (nSPS) is 20.6. The van der Waals surface area contributed by atoms with Crippen LogP contribution in [0.2, 0.25) is 0 Å². The fourth-order valence-corrected chi connectivity index (χ4v) is 2.10. The van der Waals surface area contributed by atoms with Crippen LogP contribution in [-0.2, 0) is 23.9 Å². The van der Waals surface area contributed by atoms with E-state index in [2.05, 4.69) is 4.18 Å². The Bertz CT molecular complexity index is 374.